The number of rotatable bonds is 2. The zero-order valence-corrected chi connectivity index (χ0v) is 13.9. The molecular formula is C12H17ClIN3S. The molecule has 3 nitrogen and oxygen atoms in total. The Labute approximate surface area is 134 Å². The summed E-state index contributed by atoms with van der Waals surface area (Å²) in [6.45, 7) is 2.53. The van der Waals surface area contributed by atoms with Gasteiger partial charge < -0.3 is 10.6 Å². The van der Waals surface area contributed by atoms with Gasteiger partial charge in [0, 0.05) is 29.6 Å². The normalized spacial score (nSPS) is 16.3. The van der Waals surface area contributed by atoms with Gasteiger partial charge in [-0.1, -0.05) is 29.8 Å². The number of hydrogen-bond donors (Lipinski definition) is 1. The highest BCUT2D eigenvalue weighted by molar-refractivity contribution is 14.0. The van der Waals surface area contributed by atoms with Crippen LogP contribution < -0.4 is 5.73 Å². The summed E-state index contributed by atoms with van der Waals surface area (Å²) < 4.78 is 0. The lowest BCUT2D eigenvalue weighted by Gasteiger charge is -2.27. The van der Waals surface area contributed by atoms with Gasteiger partial charge in [0.2, 0.25) is 0 Å². The van der Waals surface area contributed by atoms with Crippen molar-refractivity contribution in [3.63, 3.8) is 0 Å². The van der Waals surface area contributed by atoms with E-state index in [-0.39, 0.29) is 24.0 Å². The van der Waals surface area contributed by atoms with Gasteiger partial charge in [-0.2, -0.15) is 11.8 Å². The molecule has 1 fully saturated rings. The number of halogens is 2. The monoisotopic (exact) mass is 397 g/mol. The van der Waals surface area contributed by atoms with Crippen molar-refractivity contribution in [2.45, 2.75) is 6.54 Å². The number of nitrogens with zero attached hydrogens (tertiary/aromatic N) is 2. The molecule has 1 aromatic carbocycles. The number of thioether (sulfide) groups is 1. The third-order valence-electron chi connectivity index (χ3n) is 2.70. The van der Waals surface area contributed by atoms with Crippen LogP contribution in [0, 0.1) is 0 Å². The molecule has 1 aromatic rings. The van der Waals surface area contributed by atoms with Gasteiger partial charge in [0.05, 0.1) is 6.54 Å². The molecule has 0 spiro atoms. The second-order valence-electron chi connectivity index (χ2n) is 3.87. The molecule has 1 aliphatic rings. The molecule has 0 amide bonds. The van der Waals surface area contributed by atoms with Crippen LogP contribution in [0.15, 0.2) is 29.3 Å². The summed E-state index contributed by atoms with van der Waals surface area (Å²) in [7, 11) is 0. The van der Waals surface area contributed by atoms with Gasteiger partial charge in [0.1, 0.15) is 0 Å². The van der Waals surface area contributed by atoms with Gasteiger partial charge in [-0.05, 0) is 11.6 Å². The summed E-state index contributed by atoms with van der Waals surface area (Å²) in [4.78, 5) is 6.54. The van der Waals surface area contributed by atoms with Crippen LogP contribution in [0.4, 0.5) is 0 Å². The largest absolute Gasteiger partial charge is 0.370 e. The number of guanidine groups is 1. The van der Waals surface area contributed by atoms with Gasteiger partial charge in [-0.15, -0.1) is 24.0 Å². The molecule has 0 radical (unpaired) electrons. The Morgan fingerprint density at radius 1 is 1.33 bits per heavy atom. The summed E-state index contributed by atoms with van der Waals surface area (Å²) in [6, 6.07) is 7.73. The van der Waals surface area contributed by atoms with Crippen molar-refractivity contribution in [1.82, 2.24) is 4.90 Å². The molecular weight excluding hydrogens is 381 g/mol. The summed E-state index contributed by atoms with van der Waals surface area (Å²) in [5, 5.41) is 0.748. The summed E-state index contributed by atoms with van der Waals surface area (Å²) in [5.74, 6) is 2.88. The number of benzene rings is 1. The predicted molar refractivity (Wildman–Crippen MR) is 91.1 cm³/mol. The SMILES string of the molecule is I.NC(=NCc1ccccc1Cl)N1CCSCC1. The molecule has 2 rings (SSSR count). The van der Waals surface area contributed by atoms with Crippen molar-refractivity contribution in [2.24, 2.45) is 10.7 Å². The fourth-order valence-corrected chi connectivity index (χ4v) is 2.78. The van der Waals surface area contributed by atoms with Crippen molar-refractivity contribution in [1.29, 1.82) is 0 Å². The first-order valence-corrected chi connectivity index (χ1v) is 7.16. The van der Waals surface area contributed by atoms with Gasteiger partial charge in [0.15, 0.2) is 5.96 Å². The highest BCUT2D eigenvalue weighted by Gasteiger charge is 2.11. The van der Waals surface area contributed by atoms with Crippen LogP contribution in [0.1, 0.15) is 5.56 Å². The molecule has 1 heterocycles. The second kappa shape index (κ2) is 8.12. The van der Waals surface area contributed by atoms with Crippen molar-refractivity contribution in [3.05, 3.63) is 34.9 Å². The van der Waals surface area contributed by atoms with E-state index in [0.29, 0.717) is 12.5 Å². The van der Waals surface area contributed by atoms with Crippen LogP contribution in [0.25, 0.3) is 0 Å². The van der Waals surface area contributed by atoms with E-state index in [0.717, 1.165) is 35.2 Å². The Kier molecular flexibility index (Phi) is 7.18. The Bertz CT molecular complexity index is 408. The minimum Gasteiger partial charge on any atom is -0.370 e. The van der Waals surface area contributed by atoms with Crippen molar-refractivity contribution in [2.75, 3.05) is 24.6 Å². The van der Waals surface area contributed by atoms with Crippen LogP contribution in [0.3, 0.4) is 0 Å². The van der Waals surface area contributed by atoms with Gasteiger partial charge in [0.25, 0.3) is 0 Å². The van der Waals surface area contributed by atoms with Crippen LogP contribution in [-0.4, -0.2) is 35.5 Å². The maximum absolute atomic E-state index is 6.07. The van der Waals surface area contributed by atoms with Crippen molar-refractivity contribution < 1.29 is 0 Å². The quantitative estimate of drug-likeness (QED) is 0.474. The van der Waals surface area contributed by atoms with Gasteiger partial charge in [-0.3, -0.25) is 0 Å². The molecule has 1 aliphatic heterocycles. The number of nitrogens with two attached hydrogens (primary N) is 1. The zero-order valence-electron chi connectivity index (χ0n) is 10.0. The average Bonchev–Trinajstić information content (AvgIpc) is 2.38. The highest BCUT2D eigenvalue weighted by Crippen LogP contribution is 2.16. The maximum Gasteiger partial charge on any atom is 0.191 e. The third-order valence-corrected chi connectivity index (χ3v) is 4.02. The lowest BCUT2D eigenvalue weighted by Crippen LogP contribution is -2.42. The summed E-state index contributed by atoms with van der Waals surface area (Å²) in [6.07, 6.45) is 0. The third kappa shape index (κ3) is 4.51. The molecule has 0 bridgehead atoms. The second-order valence-corrected chi connectivity index (χ2v) is 5.50. The van der Waals surface area contributed by atoms with E-state index in [1.54, 1.807) is 0 Å². The fourth-order valence-electron chi connectivity index (χ4n) is 1.69. The summed E-state index contributed by atoms with van der Waals surface area (Å²) >= 11 is 8.03. The Balaban J connectivity index is 0.00000162. The topological polar surface area (TPSA) is 41.6 Å². The van der Waals surface area contributed by atoms with E-state index in [2.05, 4.69) is 9.89 Å². The van der Waals surface area contributed by atoms with Gasteiger partial charge in [-0.25, -0.2) is 4.99 Å². The first-order valence-electron chi connectivity index (χ1n) is 5.63. The molecule has 0 aromatic heterocycles. The van der Waals surface area contributed by atoms with E-state index in [1.807, 2.05) is 36.0 Å². The van der Waals surface area contributed by atoms with Crippen molar-refractivity contribution >= 4 is 53.3 Å². The molecule has 0 unspecified atom stereocenters. The number of aliphatic imine (C=N–C) groups is 1. The minimum atomic E-state index is 0. The van der Waals surface area contributed by atoms with Crippen LogP contribution in [0.5, 0.6) is 0 Å². The van der Waals surface area contributed by atoms with Crippen molar-refractivity contribution in [3.8, 4) is 0 Å². The molecule has 100 valence electrons. The standard InChI is InChI=1S/C12H16ClN3S.HI/c13-11-4-2-1-3-10(11)9-15-12(14)16-5-7-17-8-6-16;/h1-4H,5-9H2,(H2,14,15);1H. The molecule has 18 heavy (non-hydrogen) atoms. The average molecular weight is 398 g/mol. The minimum absolute atomic E-state index is 0. The van der Waals surface area contributed by atoms with E-state index in [1.165, 1.54) is 0 Å². The molecule has 1 saturated heterocycles. The van der Waals surface area contributed by atoms with Crippen LogP contribution >= 0.6 is 47.3 Å². The van der Waals surface area contributed by atoms with Crippen LogP contribution in [-0.2, 0) is 6.54 Å². The van der Waals surface area contributed by atoms with E-state index < -0.39 is 0 Å². The number of hydrogen-bond acceptors (Lipinski definition) is 2. The molecule has 0 aliphatic carbocycles. The zero-order chi connectivity index (χ0) is 12.1. The lowest BCUT2D eigenvalue weighted by atomic mass is 10.2. The Morgan fingerprint density at radius 2 is 2.00 bits per heavy atom. The fraction of sp³-hybridized carbons (Fsp3) is 0.417. The summed E-state index contributed by atoms with van der Waals surface area (Å²) in [5.41, 5.74) is 6.99. The molecule has 0 saturated carbocycles. The first kappa shape index (κ1) is 15.9. The Hall–Kier alpha value is -0.140. The maximum atomic E-state index is 6.07. The lowest BCUT2D eigenvalue weighted by molar-refractivity contribution is 0.455. The molecule has 6 heteroatoms. The van der Waals surface area contributed by atoms with Crippen LogP contribution in [0.2, 0.25) is 5.02 Å². The predicted octanol–water partition coefficient (Wildman–Crippen LogP) is 2.82. The molecule has 0 atom stereocenters. The smallest absolute Gasteiger partial charge is 0.191 e. The van der Waals surface area contributed by atoms with Gasteiger partial charge >= 0.3 is 0 Å². The van der Waals surface area contributed by atoms with E-state index in [9.17, 15) is 0 Å². The first-order chi connectivity index (χ1) is 8.27. The Morgan fingerprint density at radius 3 is 2.67 bits per heavy atom. The van der Waals surface area contributed by atoms with E-state index in [4.69, 9.17) is 17.3 Å². The molecule has 2 N–H and O–H groups in total. The van der Waals surface area contributed by atoms with E-state index >= 15 is 0 Å². The highest BCUT2D eigenvalue weighted by atomic mass is 127.